The van der Waals surface area contributed by atoms with E-state index >= 15 is 0 Å². The molecule has 0 radical (unpaired) electrons. The zero-order chi connectivity index (χ0) is 13.4. The van der Waals surface area contributed by atoms with Gasteiger partial charge in [-0.25, -0.2) is 9.18 Å². The maximum Gasteiger partial charge on any atom is 0.351 e. The van der Waals surface area contributed by atoms with Crippen LogP contribution in [0.5, 0.6) is 0 Å². The third-order valence-electron chi connectivity index (χ3n) is 2.68. The normalized spacial score (nSPS) is 31.8. The molecule has 1 saturated heterocycles. The molecule has 2 rings (SSSR count). The number of nitrogens with zero attached hydrogens (tertiary/aromatic N) is 2. The third kappa shape index (κ3) is 2.22. The summed E-state index contributed by atoms with van der Waals surface area (Å²) < 4.78 is 20.3. The van der Waals surface area contributed by atoms with E-state index < -0.39 is 36.9 Å². The summed E-state index contributed by atoms with van der Waals surface area (Å²) in [5.74, 6) is 0.0458. The fourth-order valence-corrected chi connectivity index (χ4v) is 2.14. The second kappa shape index (κ2) is 5.07. The molecule has 4 atom stereocenters. The van der Waals surface area contributed by atoms with Crippen LogP contribution in [0.4, 0.5) is 10.2 Å². The molecule has 0 bridgehead atoms. The monoisotopic (exact) mass is 371 g/mol. The van der Waals surface area contributed by atoms with Crippen LogP contribution in [0.25, 0.3) is 0 Å². The van der Waals surface area contributed by atoms with E-state index in [-0.39, 0.29) is 5.82 Å². The van der Waals surface area contributed by atoms with Gasteiger partial charge in [0, 0.05) is 6.20 Å². The molecule has 1 aromatic rings. The molecule has 1 aliphatic rings. The Kier molecular flexibility index (Phi) is 3.84. The first-order valence-corrected chi connectivity index (χ1v) is 6.16. The molecule has 0 amide bonds. The Hall–Kier alpha value is -0.780. The first-order valence-electron chi connectivity index (χ1n) is 5.08. The van der Waals surface area contributed by atoms with Crippen molar-refractivity contribution in [2.24, 2.45) is 0 Å². The first-order chi connectivity index (χ1) is 8.45. The van der Waals surface area contributed by atoms with E-state index in [1.165, 1.54) is 6.20 Å². The van der Waals surface area contributed by atoms with Crippen molar-refractivity contribution in [2.45, 2.75) is 24.6 Å². The predicted octanol–water partition coefficient (Wildman–Crippen LogP) is -0.981. The molecule has 0 aliphatic carbocycles. The summed E-state index contributed by atoms with van der Waals surface area (Å²) in [5.41, 5.74) is 4.68. The van der Waals surface area contributed by atoms with Gasteiger partial charge in [0.25, 0.3) is 0 Å². The highest BCUT2D eigenvalue weighted by molar-refractivity contribution is 14.1. The van der Waals surface area contributed by atoms with E-state index in [1.54, 1.807) is 0 Å². The minimum atomic E-state index is -1.82. The zero-order valence-corrected chi connectivity index (χ0v) is 11.2. The number of halogens is 2. The van der Waals surface area contributed by atoms with E-state index in [0.717, 1.165) is 4.57 Å². The highest BCUT2D eigenvalue weighted by Crippen LogP contribution is 2.31. The second-order valence-corrected chi connectivity index (χ2v) is 5.01. The van der Waals surface area contributed by atoms with Crippen molar-refractivity contribution in [3.05, 3.63) is 20.3 Å². The van der Waals surface area contributed by atoms with Crippen LogP contribution in [0.15, 0.2) is 11.0 Å². The molecule has 1 unspecified atom stereocenters. The average molecular weight is 371 g/mol. The highest BCUT2D eigenvalue weighted by atomic mass is 127. The van der Waals surface area contributed by atoms with E-state index in [0.29, 0.717) is 3.57 Å². The standard InChI is InChI=1S/C9H11FIN3O4/c10-5-6(16)4(2-15)18-8(5)14-1-3(11)7(12)13-9(14)17/h1,4-6,8,15-16H,2H2,(H2,12,13,17)/t4-,5?,6+,8-/m1/s1. The maximum absolute atomic E-state index is 13.8. The topological polar surface area (TPSA) is 111 Å². The fraction of sp³-hybridized carbons (Fsp3) is 0.556. The van der Waals surface area contributed by atoms with Gasteiger partial charge < -0.3 is 20.7 Å². The van der Waals surface area contributed by atoms with Gasteiger partial charge >= 0.3 is 5.69 Å². The van der Waals surface area contributed by atoms with Crippen LogP contribution in [0.2, 0.25) is 0 Å². The Bertz CT molecular complexity index is 511. The molecule has 7 nitrogen and oxygen atoms in total. The lowest BCUT2D eigenvalue weighted by atomic mass is 10.1. The number of alkyl halides is 1. The van der Waals surface area contributed by atoms with Gasteiger partial charge in [-0.05, 0) is 22.6 Å². The summed E-state index contributed by atoms with van der Waals surface area (Å²) in [6.07, 6.45) is -4.38. The number of aromatic nitrogens is 2. The largest absolute Gasteiger partial charge is 0.394 e. The van der Waals surface area contributed by atoms with Crippen LogP contribution in [0.3, 0.4) is 0 Å². The first kappa shape index (κ1) is 13.6. The van der Waals surface area contributed by atoms with Crippen LogP contribution in [0.1, 0.15) is 6.23 Å². The zero-order valence-electron chi connectivity index (χ0n) is 9.03. The number of aliphatic hydroxyl groups is 2. The Balaban J connectivity index is 2.39. The van der Waals surface area contributed by atoms with E-state index in [4.69, 9.17) is 15.6 Å². The Morgan fingerprint density at radius 3 is 2.89 bits per heavy atom. The van der Waals surface area contributed by atoms with Crippen molar-refractivity contribution in [3.63, 3.8) is 0 Å². The number of aliphatic hydroxyl groups excluding tert-OH is 2. The number of anilines is 1. The second-order valence-electron chi connectivity index (χ2n) is 3.85. The number of nitrogen functional groups attached to an aromatic ring is 1. The van der Waals surface area contributed by atoms with Gasteiger partial charge in [0.2, 0.25) is 0 Å². The Labute approximate surface area is 115 Å². The number of ether oxygens (including phenoxy) is 1. The summed E-state index contributed by atoms with van der Waals surface area (Å²) in [6, 6.07) is 0. The third-order valence-corrected chi connectivity index (χ3v) is 3.51. The van der Waals surface area contributed by atoms with Crippen molar-refractivity contribution >= 4 is 28.4 Å². The van der Waals surface area contributed by atoms with E-state index in [9.17, 15) is 14.3 Å². The molecule has 100 valence electrons. The summed E-state index contributed by atoms with van der Waals surface area (Å²) in [7, 11) is 0. The highest BCUT2D eigenvalue weighted by Gasteiger charge is 2.45. The molecule has 1 fully saturated rings. The summed E-state index contributed by atoms with van der Waals surface area (Å²) in [5, 5.41) is 18.4. The Morgan fingerprint density at radius 1 is 1.67 bits per heavy atom. The van der Waals surface area contributed by atoms with Crippen molar-refractivity contribution < 1.29 is 19.3 Å². The predicted molar refractivity (Wildman–Crippen MR) is 67.5 cm³/mol. The molecule has 0 spiro atoms. The van der Waals surface area contributed by atoms with Gasteiger partial charge in [0.15, 0.2) is 12.4 Å². The minimum Gasteiger partial charge on any atom is -0.394 e. The summed E-state index contributed by atoms with van der Waals surface area (Å²) in [6.45, 7) is -0.535. The van der Waals surface area contributed by atoms with E-state index in [2.05, 4.69) is 4.98 Å². The summed E-state index contributed by atoms with van der Waals surface area (Å²) in [4.78, 5) is 15.1. The minimum absolute atomic E-state index is 0.0458. The Morgan fingerprint density at radius 2 is 2.33 bits per heavy atom. The summed E-state index contributed by atoms with van der Waals surface area (Å²) >= 11 is 1.84. The molecule has 9 heteroatoms. The lowest BCUT2D eigenvalue weighted by molar-refractivity contribution is -0.0491. The molecule has 2 heterocycles. The van der Waals surface area contributed by atoms with Crippen molar-refractivity contribution in [1.29, 1.82) is 0 Å². The van der Waals surface area contributed by atoms with Gasteiger partial charge in [0.1, 0.15) is 18.0 Å². The van der Waals surface area contributed by atoms with Crippen molar-refractivity contribution in [1.82, 2.24) is 9.55 Å². The molecule has 1 aliphatic heterocycles. The van der Waals surface area contributed by atoms with Crippen molar-refractivity contribution in [3.8, 4) is 0 Å². The number of hydrogen-bond acceptors (Lipinski definition) is 6. The molecule has 18 heavy (non-hydrogen) atoms. The lowest BCUT2D eigenvalue weighted by Crippen LogP contribution is -2.34. The van der Waals surface area contributed by atoms with E-state index in [1.807, 2.05) is 22.6 Å². The molecule has 1 aromatic heterocycles. The lowest BCUT2D eigenvalue weighted by Gasteiger charge is -2.16. The molecule has 4 N–H and O–H groups in total. The SMILES string of the molecule is Nc1nc(=O)n([C@@H]2O[C@H](CO)[C@H](O)C2F)cc1I. The smallest absolute Gasteiger partial charge is 0.351 e. The molecule has 0 saturated carbocycles. The van der Waals surface area contributed by atoms with Crippen LogP contribution >= 0.6 is 22.6 Å². The van der Waals surface area contributed by atoms with Gasteiger partial charge in [0.05, 0.1) is 10.2 Å². The van der Waals surface area contributed by atoms with Gasteiger partial charge in [-0.2, -0.15) is 4.98 Å². The quantitative estimate of drug-likeness (QED) is 0.577. The van der Waals surface area contributed by atoms with Gasteiger partial charge in [-0.15, -0.1) is 0 Å². The van der Waals surface area contributed by atoms with Crippen LogP contribution < -0.4 is 11.4 Å². The molecular formula is C9H11FIN3O4. The van der Waals surface area contributed by atoms with Crippen molar-refractivity contribution in [2.75, 3.05) is 12.3 Å². The number of rotatable bonds is 2. The van der Waals surface area contributed by atoms with Crippen LogP contribution in [0, 0.1) is 3.57 Å². The van der Waals surface area contributed by atoms with Gasteiger partial charge in [-0.1, -0.05) is 0 Å². The molecular weight excluding hydrogens is 360 g/mol. The fourth-order valence-electron chi connectivity index (χ4n) is 1.72. The van der Waals surface area contributed by atoms with Crippen LogP contribution in [-0.4, -0.2) is 44.8 Å². The maximum atomic E-state index is 13.8. The average Bonchev–Trinajstić information content (AvgIpc) is 2.61. The van der Waals surface area contributed by atoms with Gasteiger partial charge in [-0.3, -0.25) is 4.57 Å². The number of hydrogen-bond donors (Lipinski definition) is 3. The number of nitrogens with two attached hydrogens (primary N) is 1. The van der Waals surface area contributed by atoms with Crippen LogP contribution in [-0.2, 0) is 4.74 Å². The molecule has 0 aromatic carbocycles.